The van der Waals surface area contributed by atoms with Crippen LogP contribution in [0.15, 0.2) is 134 Å². The van der Waals surface area contributed by atoms with Crippen LogP contribution in [0.25, 0.3) is 0 Å². The Morgan fingerprint density at radius 3 is 0.897 bits per heavy atom. The molecular weight excluding hydrogens is 841 g/mol. The first-order chi connectivity index (χ1) is 33.5. The maximum Gasteiger partial charge on any atom is 0.306 e. The third-order valence-electron chi connectivity index (χ3n) is 10.9. The van der Waals surface area contributed by atoms with E-state index >= 15 is 0 Å². The number of rotatable bonds is 47. The van der Waals surface area contributed by atoms with Crippen molar-refractivity contribution >= 4 is 17.9 Å². The lowest BCUT2D eigenvalue weighted by atomic mass is 10.0. The fourth-order valence-electron chi connectivity index (χ4n) is 6.93. The molecular formula is C62H98O6. The highest BCUT2D eigenvalue weighted by molar-refractivity contribution is 5.71. The minimum Gasteiger partial charge on any atom is -0.462 e. The van der Waals surface area contributed by atoms with Crippen molar-refractivity contribution < 1.29 is 28.6 Å². The largest absolute Gasteiger partial charge is 0.462 e. The summed E-state index contributed by atoms with van der Waals surface area (Å²) in [6.45, 7) is 6.27. The van der Waals surface area contributed by atoms with Crippen LogP contribution in [0.3, 0.4) is 0 Å². The van der Waals surface area contributed by atoms with Crippen molar-refractivity contribution in [2.45, 2.75) is 226 Å². The van der Waals surface area contributed by atoms with Crippen molar-refractivity contribution in [3.05, 3.63) is 134 Å². The van der Waals surface area contributed by atoms with Gasteiger partial charge in [0.25, 0.3) is 0 Å². The van der Waals surface area contributed by atoms with E-state index in [-0.39, 0.29) is 38.0 Å². The quantitative estimate of drug-likeness (QED) is 0.0262. The molecule has 68 heavy (non-hydrogen) atoms. The van der Waals surface area contributed by atoms with Crippen molar-refractivity contribution in [1.82, 2.24) is 0 Å². The molecule has 0 fully saturated rings. The van der Waals surface area contributed by atoms with Gasteiger partial charge in [-0.25, -0.2) is 0 Å². The van der Waals surface area contributed by atoms with Crippen LogP contribution in [0.4, 0.5) is 0 Å². The molecule has 0 spiro atoms. The Labute approximate surface area is 417 Å². The molecule has 0 aliphatic carbocycles. The van der Waals surface area contributed by atoms with Crippen molar-refractivity contribution in [2.75, 3.05) is 13.2 Å². The molecule has 0 heterocycles. The van der Waals surface area contributed by atoms with Gasteiger partial charge in [0.1, 0.15) is 13.2 Å². The van der Waals surface area contributed by atoms with Crippen molar-refractivity contribution in [3.63, 3.8) is 0 Å². The van der Waals surface area contributed by atoms with Gasteiger partial charge in [-0.3, -0.25) is 14.4 Å². The minimum absolute atomic E-state index is 0.134. The molecule has 1 unspecified atom stereocenters. The van der Waals surface area contributed by atoms with Crippen LogP contribution in [-0.4, -0.2) is 37.2 Å². The number of allylic oxidation sites excluding steroid dienone is 22. The minimum atomic E-state index is -0.851. The van der Waals surface area contributed by atoms with Crippen molar-refractivity contribution in [3.8, 4) is 0 Å². The van der Waals surface area contributed by atoms with Crippen LogP contribution in [0.1, 0.15) is 220 Å². The van der Waals surface area contributed by atoms with E-state index in [1.165, 1.54) is 77.0 Å². The zero-order valence-electron chi connectivity index (χ0n) is 43.6. The topological polar surface area (TPSA) is 78.9 Å². The molecule has 6 heteroatoms. The molecule has 0 radical (unpaired) electrons. The van der Waals surface area contributed by atoms with Gasteiger partial charge in [0.2, 0.25) is 0 Å². The summed E-state index contributed by atoms with van der Waals surface area (Å²) >= 11 is 0. The predicted molar refractivity (Wildman–Crippen MR) is 292 cm³/mol. The smallest absolute Gasteiger partial charge is 0.306 e. The fraction of sp³-hybridized carbons (Fsp3) is 0.597. The van der Waals surface area contributed by atoms with Crippen LogP contribution >= 0.6 is 0 Å². The summed E-state index contributed by atoms with van der Waals surface area (Å²) in [5.41, 5.74) is 0. The molecule has 0 rings (SSSR count). The monoisotopic (exact) mass is 939 g/mol. The van der Waals surface area contributed by atoms with Gasteiger partial charge in [-0.05, 0) is 89.9 Å². The first-order valence-electron chi connectivity index (χ1n) is 27.2. The van der Waals surface area contributed by atoms with E-state index in [0.29, 0.717) is 19.3 Å². The summed E-state index contributed by atoms with van der Waals surface area (Å²) in [6, 6.07) is 0. The standard InChI is InChI=1S/C62H98O6/c1-4-7-10-13-16-19-22-25-28-30-31-32-35-37-40-43-46-49-52-55-61(64)67-58-59(57-66-60(63)54-51-48-45-42-39-36-33-27-24-21-18-15-12-9-6-3)68-62(65)56-53-50-47-44-41-38-34-29-26-23-20-17-14-11-8-5-2/h7-8,10-11,16-17,19-20,25-26,28-29,31-32,37-38,40-41,46-47,49-50,59H,4-6,9,12-15,18,21-24,27,30,33-36,39,42-45,48,51-58H2,1-3H3/b10-7-,11-8-,19-16-,20-17-,28-25-,29-26-,32-31-,40-37-,41-38-,49-46-,50-47-. The number of unbranched alkanes of at least 4 members (excludes halogenated alkanes) is 14. The van der Waals surface area contributed by atoms with Gasteiger partial charge in [0, 0.05) is 19.3 Å². The Bertz CT molecular complexity index is 1500. The lowest BCUT2D eigenvalue weighted by Crippen LogP contribution is -2.30. The van der Waals surface area contributed by atoms with E-state index < -0.39 is 12.1 Å². The normalized spacial score (nSPS) is 13.2. The second kappa shape index (κ2) is 55.1. The molecule has 0 saturated carbocycles. The molecule has 0 aliphatic heterocycles. The molecule has 0 amide bonds. The second-order valence-corrected chi connectivity index (χ2v) is 17.4. The first-order valence-corrected chi connectivity index (χ1v) is 27.2. The van der Waals surface area contributed by atoms with E-state index in [2.05, 4.69) is 130 Å². The molecule has 0 N–H and O–H groups in total. The van der Waals surface area contributed by atoms with Crippen LogP contribution in [0.5, 0.6) is 0 Å². The Morgan fingerprint density at radius 1 is 0.309 bits per heavy atom. The Hall–Kier alpha value is -4.45. The van der Waals surface area contributed by atoms with Crippen molar-refractivity contribution in [1.29, 1.82) is 0 Å². The van der Waals surface area contributed by atoms with Gasteiger partial charge in [0.05, 0.1) is 0 Å². The lowest BCUT2D eigenvalue weighted by Gasteiger charge is -2.18. The highest BCUT2D eigenvalue weighted by atomic mass is 16.6. The average Bonchev–Trinajstić information content (AvgIpc) is 3.34. The van der Waals surface area contributed by atoms with Crippen LogP contribution in [0.2, 0.25) is 0 Å². The van der Waals surface area contributed by atoms with E-state index in [1.54, 1.807) is 0 Å². The van der Waals surface area contributed by atoms with Gasteiger partial charge in [-0.2, -0.15) is 0 Å². The molecule has 0 aliphatic rings. The van der Waals surface area contributed by atoms with Crippen LogP contribution in [0, 0.1) is 0 Å². The number of esters is 3. The zero-order chi connectivity index (χ0) is 49.3. The van der Waals surface area contributed by atoms with Crippen LogP contribution in [-0.2, 0) is 28.6 Å². The molecule has 6 nitrogen and oxygen atoms in total. The van der Waals surface area contributed by atoms with Crippen molar-refractivity contribution in [2.24, 2.45) is 0 Å². The van der Waals surface area contributed by atoms with Crippen LogP contribution < -0.4 is 0 Å². The third-order valence-corrected chi connectivity index (χ3v) is 10.9. The van der Waals surface area contributed by atoms with Gasteiger partial charge in [-0.1, -0.05) is 244 Å². The molecule has 0 saturated heterocycles. The summed E-state index contributed by atoms with van der Waals surface area (Å²) in [6.07, 6.45) is 77.5. The molecule has 0 aromatic rings. The predicted octanol–water partition coefficient (Wildman–Crippen LogP) is 18.3. The van der Waals surface area contributed by atoms with E-state index in [0.717, 1.165) is 89.9 Å². The van der Waals surface area contributed by atoms with Gasteiger partial charge in [0.15, 0.2) is 6.10 Å². The highest BCUT2D eigenvalue weighted by Crippen LogP contribution is 2.14. The number of hydrogen-bond donors (Lipinski definition) is 0. The molecule has 0 aromatic heterocycles. The summed E-state index contributed by atoms with van der Waals surface area (Å²) in [4.78, 5) is 38.0. The lowest BCUT2D eigenvalue weighted by molar-refractivity contribution is -0.166. The summed E-state index contributed by atoms with van der Waals surface area (Å²) in [5, 5.41) is 0. The Balaban J connectivity index is 4.61. The second-order valence-electron chi connectivity index (χ2n) is 17.4. The molecule has 0 aromatic carbocycles. The van der Waals surface area contributed by atoms with E-state index in [4.69, 9.17) is 14.2 Å². The zero-order valence-corrected chi connectivity index (χ0v) is 43.6. The van der Waals surface area contributed by atoms with E-state index in [1.807, 2.05) is 24.3 Å². The number of ether oxygens (including phenoxy) is 3. The Kier molecular flexibility index (Phi) is 51.5. The van der Waals surface area contributed by atoms with E-state index in [9.17, 15) is 14.4 Å². The highest BCUT2D eigenvalue weighted by Gasteiger charge is 2.19. The number of carbonyl (C=O) groups is 3. The maximum atomic E-state index is 12.8. The number of carbonyl (C=O) groups excluding carboxylic acids is 3. The average molecular weight is 939 g/mol. The number of hydrogen-bond acceptors (Lipinski definition) is 6. The summed E-state index contributed by atoms with van der Waals surface area (Å²) in [7, 11) is 0. The third kappa shape index (κ3) is 52.5. The first kappa shape index (κ1) is 63.5. The van der Waals surface area contributed by atoms with Gasteiger partial charge in [-0.15, -0.1) is 0 Å². The maximum absolute atomic E-state index is 12.8. The fourth-order valence-corrected chi connectivity index (χ4v) is 6.93. The summed E-state index contributed by atoms with van der Waals surface area (Å²) < 4.78 is 16.7. The SMILES string of the molecule is CC/C=C\C/C=C\C/C=C\C/C=C\C/C=C\C/C=C\CCC(=O)OCC(COC(=O)CCCCCCCCCCCCCCCCC)OC(=O)CC/C=C\C/C=C\C/C=C\C/C=C\C/C=C\CC. The molecule has 382 valence electrons. The summed E-state index contributed by atoms with van der Waals surface area (Å²) in [5.74, 6) is -1.11. The van der Waals surface area contributed by atoms with Gasteiger partial charge >= 0.3 is 17.9 Å². The molecule has 0 bridgehead atoms. The Morgan fingerprint density at radius 2 is 0.574 bits per heavy atom. The van der Waals surface area contributed by atoms with Gasteiger partial charge < -0.3 is 14.2 Å². The molecule has 1 atom stereocenters.